The van der Waals surface area contributed by atoms with Crippen LogP contribution in [0.25, 0.3) is 0 Å². The zero-order valence-electron chi connectivity index (χ0n) is 11.1. The molecule has 0 spiro atoms. The number of rotatable bonds is 6. The number of carbonyl (C=O) groups excluding carboxylic acids is 1. The number of hydrogen-bond donors (Lipinski definition) is 0. The summed E-state index contributed by atoms with van der Waals surface area (Å²) < 4.78 is 37.5. The molecule has 116 valence electrons. The fraction of sp³-hybridized carbons (Fsp3) is 0.500. The van der Waals surface area contributed by atoms with Crippen LogP contribution in [0.2, 0.25) is 10.0 Å². The number of carbonyl (C=O) groups is 1. The highest BCUT2D eigenvalue weighted by atomic mass is 35.5. The standard InChI is InChI=1S/C14H14Cl2F3NO/c15-11-3-1-2-10(13(11)16)12(21)6-7-20(9-4-5-9)8-14(17,18)19/h1-3,9H,4-8H2. The van der Waals surface area contributed by atoms with E-state index in [9.17, 15) is 18.0 Å². The Morgan fingerprint density at radius 3 is 2.52 bits per heavy atom. The number of hydrogen-bond acceptors (Lipinski definition) is 2. The second-order valence-electron chi connectivity index (χ2n) is 5.09. The Kier molecular flexibility index (Phi) is 5.17. The highest BCUT2D eigenvalue weighted by Crippen LogP contribution is 2.31. The minimum Gasteiger partial charge on any atom is -0.294 e. The zero-order chi connectivity index (χ0) is 15.6. The maximum atomic E-state index is 12.5. The van der Waals surface area contributed by atoms with E-state index in [0.717, 1.165) is 12.8 Å². The Bertz CT molecular complexity index is 529. The molecule has 0 unspecified atom stereocenters. The van der Waals surface area contributed by atoms with Crippen molar-refractivity contribution in [2.45, 2.75) is 31.5 Å². The monoisotopic (exact) mass is 339 g/mol. The molecule has 1 aromatic carbocycles. The molecule has 1 aromatic rings. The van der Waals surface area contributed by atoms with Gasteiger partial charge in [0.15, 0.2) is 5.78 Å². The van der Waals surface area contributed by atoms with Crippen LogP contribution >= 0.6 is 23.2 Å². The van der Waals surface area contributed by atoms with E-state index in [2.05, 4.69) is 0 Å². The number of ketones is 1. The molecular weight excluding hydrogens is 326 g/mol. The fourth-order valence-corrected chi connectivity index (χ4v) is 2.57. The summed E-state index contributed by atoms with van der Waals surface area (Å²) in [5.74, 6) is -0.296. The number of nitrogens with zero attached hydrogens (tertiary/aromatic N) is 1. The third-order valence-corrected chi connectivity index (χ3v) is 4.14. The lowest BCUT2D eigenvalue weighted by Crippen LogP contribution is -2.37. The lowest BCUT2D eigenvalue weighted by Gasteiger charge is -2.23. The summed E-state index contributed by atoms with van der Waals surface area (Å²) in [5.41, 5.74) is 0.256. The van der Waals surface area contributed by atoms with Crippen molar-refractivity contribution < 1.29 is 18.0 Å². The predicted octanol–water partition coefficient (Wildman–Crippen LogP) is 4.59. The first-order chi connectivity index (χ1) is 9.78. The predicted molar refractivity (Wildman–Crippen MR) is 76.1 cm³/mol. The van der Waals surface area contributed by atoms with Crippen molar-refractivity contribution in [3.63, 3.8) is 0 Å². The Balaban J connectivity index is 1.97. The number of benzene rings is 1. The second kappa shape index (κ2) is 6.55. The number of alkyl halides is 3. The first-order valence-electron chi connectivity index (χ1n) is 6.56. The first-order valence-corrected chi connectivity index (χ1v) is 7.31. The van der Waals surface area contributed by atoms with Gasteiger partial charge < -0.3 is 0 Å². The van der Waals surface area contributed by atoms with Crippen molar-refractivity contribution >= 4 is 29.0 Å². The Labute approximate surface area is 130 Å². The molecular formula is C14H14Cl2F3NO. The molecule has 0 heterocycles. The van der Waals surface area contributed by atoms with Crippen LogP contribution in [-0.4, -0.2) is 36.0 Å². The van der Waals surface area contributed by atoms with Crippen LogP contribution in [0.3, 0.4) is 0 Å². The van der Waals surface area contributed by atoms with Gasteiger partial charge in [-0.05, 0) is 25.0 Å². The molecule has 0 amide bonds. The highest BCUT2D eigenvalue weighted by molar-refractivity contribution is 6.43. The van der Waals surface area contributed by atoms with E-state index >= 15 is 0 Å². The summed E-state index contributed by atoms with van der Waals surface area (Å²) in [4.78, 5) is 13.4. The van der Waals surface area contributed by atoms with Crippen molar-refractivity contribution in [1.29, 1.82) is 0 Å². The van der Waals surface area contributed by atoms with E-state index in [0.29, 0.717) is 0 Å². The minimum absolute atomic E-state index is 0.00730. The summed E-state index contributed by atoms with van der Waals surface area (Å²) in [6.07, 6.45) is -2.75. The molecule has 1 aliphatic rings. The van der Waals surface area contributed by atoms with E-state index in [1.54, 1.807) is 12.1 Å². The molecule has 0 N–H and O–H groups in total. The molecule has 21 heavy (non-hydrogen) atoms. The SMILES string of the molecule is O=C(CCN(CC(F)(F)F)C1CC1)c1cccc(Cl)c1Cl. The summed E-state index contributed by atoms with van der Waals surface area (Å²) in [6.45, 7) is -0.903. The molecule has 1 saturated carbocycles. The van der Waals surface area contributed by atoms with E-state index in [-0.39, 0.29) is 40.4 Å². The molecule has 2 nitrogen and oxygen atoms in total. The Hall–Kier alpha value is -0.780. The molecule has 0 bridgehead atoms. The van der Waals surface area contributed by atoms with Gasteiger partial charge in [0.1, 0.15) is 0 Å². The number of halogens is 5. The van der Waals surface area contributed by atoms with Gasteiger partial charge in [0, 0.05) is 24.6 Å². The molecule has 1 aliphatic carbocycles. The number of Topliss-reactive ketones (excluding diaryl/α,β-unsaturated/α-hetero) is 1. The minimum atomic E-state index is -4.25. The molecule has 2 rings (SSSR count). The zero-order valence-corrected chi connectivity index (χ0v) is 12.6. The lowest BCUT2D eigenvalue weighted by atomic mass is 10.1. The van der Waals surface area contributed by atoms with Gasteiger partial charge >= 0.3 is 6.18 Å². The summed E-state index contributed by atoms with van der Waals surface area (Å²) in [6, 6.07) is 4.62. The van der Waals surface area contributed by atoms with Crippen molar-refractivity contribution in [3.05, 3.63) is 33.8 Å². The quantitative estimate of drug-likeness (QED) is 0.706. The van der Waals surface area contributed by atoms with Crippen molar-refractivity contribution in [1.82, 2.24) is 4.90 Å². The van der Waals surface area contributed by atoms with E-state index in [1.165, 1.54) is 11.0 Å². The second-order valence-corrected chi connectivity index (χ2v) is 5.88. The van der Waals surface area contributed by atoms with Crippen LogP contribution in [0.1, 0.15) is 29.6 Å². The third kappa shape index (κ3) is 4.87. The van der Waals surface area contributed by atoms with Gasteiger partial charge in [0.05, 0.1) is 16.6 Å². The average molecular weight is 340 g/mol. The van der Waals surface area contributed by atoms with Crippen LogP contribution in [0.4, 0.5) is 13.2 Å². The molecule has 0 radical (unpaired) electrons. The van der Waals surface area contributed by atoms with Crippen LogP contribution in [0.5, 0.6) is 0 Å². The van der Waals surface area contributed by atoms with Crippen LogP contribution in [0, 0.1) is 0 Å². The molecule has 0 aromatic heterocycles. The van der Waals surface area contributed by atoms with Gasteiger partial charge in [-0.3, -0.25) is 9.69 Å². The molecule has 0 atom stereocenters. The molecule has 0 aliphatic heterocycles. The van der Waals surface area contributed by atoms with Crippen molar-refractivity contribution in [2.75, 3.05) is 13.1 Å². The smallest absolute Gasteiger partial charge is 0.294 e. The molecule has 7 heteroatoms. The van der Waals surface area contributed by atoms with Gasteiger partial charge in [-0.1, -0.05) is 29.3 Å². The van der Waals surface area contributed by atoms with Gasteiger partial charge in [0.25, 0.3) is 0 Å². The lowest BCUT2D eigenvalue weighted by molar-refractivity contribution is -0.147. The first kappa shape index (κ1) is 16.6. The third-order valence-electron chi connectivity index (χ3n) is 3.32. The van der Waals surface area contributed by atoms with E-state index in [4.69, 9.17) is 23.2 Å². The van der Waals surface area contributed by atoms with Gasteiger partial charge in [0.2, 0.25) is 0 Å². The molecule has 0 saturated heterocycles. The average Bonchev–Trinajstić information content (AvgIpc) is 3.20. The maximum absolute atomic E-state index is 12.5. The van der Waals surface area contributed by atoms with Crippen LogP contribution < -0.4 is 0 Å². The van der Waals surface area contributed by atoms with E-state index in [1.807, 2.05) is 0 Å². The van der Waals surface area contributed by atoms with E-state index < -0.39 is 12.7 Å². The summed E-state index contributed by atoms with van der Waals surface area (Å²) in [7, 11) is 0. The fourth-order valence-electron chi connectivity index (χ4n) is 2.16. The normalized spacial score (nSPS) is 15.5. The summed E-state index contributed by atoms with van der Waals surface area (Å²) in [5, 5.41) is 0.412. The Morgan fingerprint density at radius 1 is 1.29 bits per heavy atom. The van der Waals surface area contributed by atoms with Crippen LogP contribution in [0.15, 0.2) is 18.2 Å². The maximum Gasteiger partial charge on any atom is 0.401 e. The highest BCUT2D eigenvalue weighted by Gasteiger charge is 2.37. The van der Waals surface area contributed by atoms with Gasteiger partial charge in [-0.25, -0.2) is 0 Å². The summed E-state index contributed by atoms with van der Waals surface area (Å²) >= 11 is 11.8. The Morgan fingerprint density at radius 2 is 1.95 bits per heavy atom. The van der Waals surface area contributed by atoms with Crippen molar-refractivity contribution in [3.8, 4) is 0 Å². The molecule has 1 fully saturated rings. The topological polar surface area (TPSA) is 20.3 Å². The van der Waals surface area contributed by atoms with Gasteiger partial charge in [-0.2, -0.15) is 13.2 Å². The van der Waals surface area contributed by atoms with Crippen molar-refractivity contribution in [2.24, 2.45) is 0 Å². The van der Waals surface area contributed by atoms with Crippen LogP contribution in [-0.2, 0) is 0 Å². The largest absolute Gasteiger partial charge is 0.401 e. The van der Waals surface area contributed by atoms with Gasteiger partial charge in [-0.15, -0.1) is 0 Å².